The lowest BCUT2D eigenvalue weighted by molar-refractivity contribution is 0.231. The lowest BCUT2D eigenvalue weighted by atomic mass is 9.77. The van der Waals surface area contributed by atoms with Crippen molar-refractivity contribution >= 4 is 21.6 Å². The Morgan fingerprint density at radius 3 is 2.63 bits per heavy atom. The van der Waals surface area contributed by atoms with Crippen molar-refractivity contribution in [3.8, 4) is 6.07 Å². The lowest BCUT2D eigenvalue weighted by Crippen LogP contribution is -2.43. The van der Waals surface area contributed by atoms with E-state index in [0.717, 1.165) is 41.5 Å². The summed E-state index contributed by atoms with van der Waals surface area (Å²) in [7, 11) is 0. The molecule has 1 heterocycles. The Bertz CT molecular complexity index is 494. The summed E-state index contributed by atoms with van der Waals surface area (Å²) >= 11 is 3.46. The van der Waals surface area contributed by atoms with Gasteiger partial charge < -0.3 is 4.90 Å². The molecule has 2 atom stereocenters. The molecule has 1 saturated carbocycles. The van der Waals surface area contributed by atoms with Crippen molar-refractivity contribution in [3.05, 3.63) is 29.3 Å². The number of benzene rings is 1. The quantitative estimate of drug-likeness (QED) is 0.768. The van der Waals surface area contributed by atoms with Crippen molar-refractivity contribution in [1.29, 1.82) is 5.26 Å². The Morgan fingerprint density at radius 1 is 1.26 bits per heavy atom. The molecule has 100 valence electrons. The van der Waals surface area contributed by atoms with Crippen LogP contribution in [0.15, 0.2) is 18.2 Å². The van der Waals surface area contributed by atoms with Crippen LogP contribution in [0.5, 0.6) is 0 Å². The summed E-state index contributed by atoms with van der Waals surface area (Å²) in [6.45, 7) is 2.28. The highest BCUT2D eigenvalue weighted by atomic mass is 79.9. The number of halogens is 1. The van der Waals surface area contributed by atoms with E-state index in [2.05, 4.69) is 39.0 Å². The molecule has 2 nitrogen and oxygen atoms in total. The van der Waals surface area contributed by atoms with Crippen molar-refractivity contribution in [2.24, 2.45) is 11.8 Å². The van der Waals surface area contributed by atoms with Crippen LogP contribution in [0.3, 0.4) is 0 Å². The molecule has 3 heteroatoms. The molecular formula is C16H19BrN2. The summed E-state index contributed by atoms with van der Waals surface area (Å²) in [6.07, 6.45) is 5.54. The molecule has 0 radical (unpaired) electrons. The van der Waals surface area contributed by atoms with Gasteiger partial charge in [-0.25, -0.2) is 0 Å². The van der Waals surface area contributed by atoms with Gasteiger partial charge in [-0.05, 0) is 48.8 Å². The van der Waals surface area contributed by atoms with Crippen LogP contribution in [0, 0.1) is 23.2 Å². The average Bonchev–Trinajstić information content (AvgIpc) is 2.46. The van der Waals surface area contributed by atoms with Gasteiger partial charge in [0.1, 0.15) is 6.07 Å². The Kier molecular flexibility index (Phi) is 3.79. The Labute approximate surface area is 123 Å². The highest BCUT2D eigenvalue weighted by molar-refractivity contribution is 9.08. The molecule has 19 heavy (non-hydrogen) atoms. The van der Waals surface area contributed by atoms with E-state index in [4.69, 9.17) is 0 Å². The highest BCUT2D eigenvalue weighted by Crippen LogP contribution is 2.37. The van der Waals surface area contributed by atoms with Crippen LogP contribution in [-0.4, -0.2) is 13.1 Å². The zero-order valence-electron chi connectivity index (χ0n) is 11.1. The fourth-order valence-electron chi connectivity index (χ4n) is 3.66. The number of hydrogen-bond acceptors (Lipinski definition) is 2. The van der Waals surface area contributed by atoms with Gasteiger partial charge in [0.05, 0.1) is 11.3 Å². The van der Waals surface area contributed by atoms with E-state index in [1.165, 1.54) is 31.2 Å². The van der Waals surface area contributed by atoms with Gasteiger partial charge in [-0.2, -0.15) is 5.26 Å². The van der Waals surface area contributed by atoms with Gasteiger partial charge in [0.15, 0.2) is 0 Å². The number of hydrogen-bond donors (Lipinski definition) is 0. The third kappa shape index (κ3) is 2.65. The van der Waals surface area contributed by atoms with Gasteiger partial charge in [-0.1, -0.05) is 28.4 Å². The fraction of sp³-hybridized carbons (Fsp3) is 0.562. The molecule has 2 unspecified atom stereocenters. The molecule has 2 bridgehead atoms. The molecule has 2 aliphatic rings. The average molecular weight is 319 g/mol. The Balaban J connectivity index is 1.87. The smallest absolute Gasteiger partial charge is 0.101 e. The van der Waals surface area contributed by atoms with Gasteiger partial charge in [0.25, 0.3) is 0 Å². The molecule has 1 aliphatic heterocycles. The molecule has 3 rings (SSSR count). The van der Waals surface area contributed by atoms with Crippen molar-refractivity contribution in [3.63, 3.8) is 0 Å². The molecule has 0 amide bonds. The maximum atomic E-state index is 9.38. The minimum absolute atomic E-state index is 0.813. The van der Waals surface area contributed by atoms with E-state index < -0.39 is 0 Å². The number of fused-ring (bicyclic) bond motifs is 2. The molecule has 1 aromatic carbocycles. The van der Waals surface area contributed by atoms with Crippen molar-refractivity contribution in [2.75, 3.05) is 18.0 Å². The Morgan fingerprint density at radius 2 is 2.00 bits per heavy atom. The highest BCUT2D eigenvalue weighted by Gasteiger charge is 2.31. The zero-order chi connectivity index (χ0) is 13.2. The van der Waals surface area contributed by atoms with E-state index in [1.807, 2.05) is 6.07 Å². The maximum Gasteiger partial charge on any atom is 0.101 e. The summed E-state index contributed by atoms with van der Waals surface area (Å²) in [5.41, 5.74) is 3.15. The molecule has 1 aromatic rings. The number of nitriles is 1. The van der Waals surface area contributed by atoms with E-state index >= 15 is 0 Å². The van der Waals surface area contributed by atoms with E-state index in [9.17, 15) is 5.26 Å². The molecular weight excluding hydrogens is 300 g/mol. The first-order chi connectivity index (χ1) is 9.30. The first kappa shape index (κ1) is 13.0. The predicted octanol–water partition coefficient (Wildman–Crippen LogP) is 4.08. The van der Waals surface area contributed by atoms with Gasteiger partial charge in [0, 0.05) is 18.4 Å². The van der Waals surface area contributed by atoms with Gasteiger partial charge in [0.2, 0.25) is 0 Å². The van der Waals surface area contributed by atoms with E-state index in [1.54, 1.807) is 0 Å². The SMILES string of the molecule is N#Cc1cc(CBr)ccc1N1CC2CCCC(C2)C1. The molecule has 1 aliphatic carbocycles. The van der Waals surface area contributed by atoms with Crippen LogP contribution in [0.4, 0.5) is 5.69 Å². The molecule has 1 saturated heterocycles. The normalized spacial score (nSPS) is 26.0. The molecule has 2 fully saturated rings. The van der Waals surface area contributed by atoms with Gasteiger partial charge in [-0.15, -0.1) is 0 Å². The topological polar surface area (TPSA) is 27.0 Å². The van der Waals surface area contributed by atoms with Crippen molar-refractivity contribution < 1.29 is 0 Å². The molecule has 0 spiro atoms. The van der Waals surface area contributed by atoms with Gasteiger partial charge in [-0.3, -0.25) is 0 Å². The van der Waals surface area contributed by atoms with Crippen LogP contribution in [-0.2, 0) is 5.33 Å². The fourth-order valence-corrected chi connectivity index (χ4v) is 4.01. The van der Waals surface area contributed by atoms with Crippen LogP contribution in [0.1, 0.15) is 36.8 Å². The Hall–Kier alpha value is -1.01. The van der Waals surface area contributed by atoms with Crippen LogP contribution in [0.25, 0.3) is 0 Å². The first-order valence-corrected chi connectivity index (χ1v) is 8.26. The van der Waals surface area contributed by atoms with Crippen LogP contribution >= 0.6 is 15.9 Å². The van der Waals surface area contributed by atoms with E-state index in [0.29, 0.717) is 0 Å². The summed E-state index contributed by atoms with van der Waals surface area (Å²) in [4.78, 5) is 2.45. The standard InChI is InChI=1S/C16H19BrN2/c17-8-12-4-5-16(15(7-12)9-18)19-10-13-2-1-3-14(6-13)11-19/h4-5,7,13-14H,1-3,6,8,10-11H2. The van der Waals surface area contributed by atoms with E-state index in [-0.39, 0.29) is 0 Å². The maximum absolute atomic E-state index is 9.38. The van der Waals surface area contributed by atoms with Crippen LogP contribution in [0.2, 0.25) is 0 Å². The second-order valence-electron chi connectivity index (χ2n) is 5.90. The number of rotatable bonds is 2. The molecule has 0 N–H and O–H groups in total. The van der Waals surface area contributed by atoms with Crippen LogP contribution < -0.4 is 4.90 Å². The number of nitrogens with zero attached hydrogens (tertiary/aromatic N) is 2. The summed E-state index contributed by atoms with van der Waals surface area (Å²) in [5.74, 6) is 1.68. The second kappa shape index (κ2) is 5.54. The predicted molar refractivity (Wildman–Crippen MR) is 81.4 cm³/mol. The summed E-state index contributed by atoms with van der Waals surface area (Å²) < 4.78 is 0. The van der Waals surface area contributed by atoms with Crippen molar-refractivity contribution in [1.82, 2.24) is 0 Å². The molecule has 0 aromatic heterocycles. The minimum Gasteiger partial charge on any atom is -0.370 e. The zero-order valence-corrected chi connectivity index (χ0v) is 12.7. The number of alkyl halides is 1. The number of piperidine rings is 1. The van der Waals surface area contributed by atoms with Crippen molar-refractivity contribution in [2.45, 2.75) is 31.0 Å². The second-order valence-corrected chi connectivity index (χ2v) is 6.46. The minimum atomic E-state index is 0.813. The third-order valence-electron chi connectivity index (χ3n) is 4.52. The monoisotopic (exact) mass is 318 g/mol. The first-order valence-electron chi connectivity index (χ1n) is 7.14. The lowest BCUT2D eigenvalue weighted by Gasteiger charge is -2.42. The third-order valence-corrected chi connectivity index (χ3v) is 5.17. The summed E-state index contributed by atoms with van der Waals surface area (Å²) in [5, 5.41) is 10.2. The summed E-state index contributed by atoms with van der Waals surface area (Å²) in [6, 6.07) is 8.66. The number of anilines is 1. The largest absolute Gasteiger partial charge is 0.370 e. The van der Waals surface area contributed by atoms with Gasteiger partial charge >= 0.3 is 0 Å².